The van der Waals surface area contributed by atoms with Gasteiger partial charge in [-0.3, -0.25) is 9.88 Å². The Hall–Kier alpha value is -1.01. The summed E-state index contributed by atoms with van der Waals surface area (Å²) in [5.74, 6) is 0. The topological polar surface area (TPSA) is 37.8 Å². The van der Waals surface area contributed by atoms with Gasteiger partial charge in [-0.05, 0) is 30.7 Å². The third-order valence-electron chi connectivity index (χ3n) is 4.80. The van der Waals surface area contributed by atoms with Crippen molar-refractivity contribution in [2.45, 2.75) is 13.0 Å². The van der Waals surface area contributed by atoms with E-state index in [2.05, 4.69) is 26.9 Å². The first-order chi connectivity index (χ1) is 10.8. The molecule has 122 valence electrons. The lowest BCUT2D eigenvalue weighted by Crippen LogP contribution is -2.40. The predicted octanol–water partition coefficient (Wildman–Crippen LogP) is 1.25. The Labute approximate surface area is 133 Å². The van der Waals surface area contributed by atoms with Gasteiger partial charge in [-0.15, -0.1) is 0 Å². The zero-order chi connectivity index (χ0) is 15.3. The molecule has 2 aliphatic heterocycles. The molecule has 0 amide bonds. The number of pyridine rings is 1. The maximum atomic E-state index is 5.94. The van der Waals surface area contributed by atoms with E-state index in [1.165, 1.54) is 12.0 Å². The van der Waals surface area contributed by atoms with E-state index in [0.717, 1.165) is 59.1 Å². The van der Waals surface area contributed by atoms with Gasteiger partial charge in [0.25, 0.3) is 0 Å². The fourth-order valence-corrected chi connectivity index (χ4v) is 3.65. The number of methoxy groups -OCH3 is 1. The SMILES string of the molecule is COCCN1CCC2(COCCN(Cc3ccncc3)C2)C1. The fraction of sp³-hybridized carbons (Fsp3) is 0.706. The molecule has 1 aromatic rings. The first-order valence-corrected chi connectivity index (χ1v) is 8.20. The molecule has 0 radical (unpaired) electrons. The molecule has 1 aromatic heterocycles. The fourth-order valence-electron chi connectivity index (χ4n) is 3.65. The van der Waals surface area contributed by atoms with E-state index < -0.39 is 0 Å². The number of rotatable bonds is 5. The highest BCUT2D eigenvalue weighted by molar-refractivity contribution is 5.09. The molecule has 1 spiro atoms. The Bertz CT molecular complexity index is 456. The van der Waals surface area contributed by atoms with Crippen LogP contribution in [0.15, 0.2) is 24.5 Å². The summed E-state index contributed by atoms with van der Waals surface area (Å²) in [6, 6.07) is 4.22. The lowest BCUT2D eigenvalue weighted by Gasteiger charge is -2.32. The highest BCUT2D eigenvalue weighted by Crippen LogP contribution is 2.33. The summed E-state index contributed by atoms with van der Waals surface area (Å²) in [5, 5.41) is 0. The van der Waals surface area contributed by atoms with Crippen LogP contribution < -0.4 is 0 Å². The lowest BCUT2D eigenvalue weighted by molar-refractivity contribution is 0.0682. The van der Waals surface area contributed by atoms with Crippen LogP contribution in [0.5, 0.6) is 0 Å². The molecule has 2 saturated heterocycles. The molecule has 3 heterocycles. The van der Waals surface area contributed by atoms with Crippen LogP contribution in [0.4, 0.5) is 0 Å². The number of ether oxygens (including phenoxy) is 2. The van der Waals surface area contributed by atoms with Crippen LogP contribution in [0, 0.1) is 5.41 Å². The molecular weight excluding hydrogens is 278 g/mol. The van der Waals surface area contributed by atoms with Crippen LogP contribution in [-0.4, -0.2) is 74.4 Å². The highest BCUT2D eigenvalue weighted by atomic mass is 16.5. The minimum absolute atomic E-state index is 0.289. The van der Waals surface area contributed by atoms with Crippen molar-refractivity contribution in [3.8, 4) is 0 Å². The summed E-state index contributed by atoms with van der Waals surface area (Å²) in [7, 11) is 1.77. The molecule has 1 atom stereocenters. The van der Waals surface area contributed by atoms with Crippen molar-refractivity contribution >= 4 is 0 Å². The molecule has 0 N–H and O–H groups in total. The molecule has 0 aromatic carbocycles. The molecule has 0 bridgehead atoms. The zero-order valence-electron chi connectivity index (χ0n) is 13.5. The quantitative estimate of drug-likeness (QED) is 0.818. The molecule has 5 heteroatoms. The summed E-state index contributed by atoms with van der Waals surface area (Å²) in [4.78, 5) is 9.17. The highest BCUT2D eigenvalue weighted by Gasteiger charge is 2.40. The van der Waals surface area contributed by atoms with E-state index in [1.54, 1.807) is 7.11 Å². The van der Waals surface area contributed by atoms with Gasteiger partial charge < -0.3 is 14.4 Å². The van der Waals surface area contributed by atoms with E-state index in [9.17, 15) is 0 Å². The van der Waals surface area contributed by atoms with Gasteiger partial charge in [0.05, 0.1) is 19.8 Å². The average molecular weight is 305 g/mol. The normalized spacial score (nSPS) is 27.3. The third-order valence-corrected chi connectivity index (χ3v) is 4.80. The van der Waals surface area contributed by atoms with Crippen LogP contribution in [0.1, 0.15) is 12.0 Å². The van der Waals surface area contributed by atoms with Gasteiger partial charge in [0.2, 0.25) is 0 Å². The smallest absolute Gasteiger partial charge is 0.0593 e. The minimum atomic E-state index is 0.289. The van der Waals surface area contributed by atoms with Gasteiger partial charge in [0, 0.05) is 57.6 Å². The van der Waals surface area contributed by atoms with Crippen LogP contribution in [0.3, 0.4) is 0 Å². The van der Waals surface area contributed by atoms with E-state index in [4.69, 9.17) is 9.47 Å². The number of aromatic nitrogens is 1. The van der Waals surface area contributed by atoms with Crippen molar-refractivity contribution < 1.29 is 9.47 Å². The molecule has 2 fully saturated rings. The van der Waals surface area contributed by atoms with Crippen LogP contribution >= 0.6 is 0 Å². The second-order valence-electron chi connectivity index (χ2n) is 6.64. The number of hydrogen-bond acceptors (Lipinski definition) is 5. The minimum Gasteiger partial charge on any atom is -0.383 e. The maximum Gasteiger partial charge on any atom is 0.0593 e. The number of likely N-dealkylation sites (tertiary alicyclic amines) is 1. The second-order valence-corrected chi connectivity index (χ2v) is 6.64. The molecule has 22 heavy (non-hydrogen) atoms. The van der Waals surface area contributed by atoms with Gasteiger partial charge >= 0.3 is 0 Å². The van der Waals surface area contributed by atoms with Gasteiger partial charge in [-0.25, -0.2) is 0 Å². The van der Waals surface area contributed by atoms with E-state index in [1.807, 2.05) is 12.4 Å². The van der Waals surface area contributed by atoms with Gasteiger partial charge in [0.1, 0.15) is 0 Å². The first-order valence-electron chi connectivity index (χ1n) is 8.20. The molecule has 0 saturated carbocycles. The predicted molar refractivity (Wildman–Crippen MR) is 85.7 cm³/mol. The van der Waals surface area contributed by atoms with E-state index in [-0.39, 0.29) is 5.41 Å². The van der Waals surface area contributed by atoms with Crippen molar-refractivity contribution in [3.63, 3.8) is 0 Å². The standard InChI is InChI=1S/C17H27N3O2/c1-21-10-8-19-7-4-17(13-19)14-20(9-11-22-15-17)12-16-2-5-18-6-3-16/h2-3,5-6H,4,7-15H2,1H3. The largest absolute Gasteiger partial charge is 0.383 e. The Balaban J connectivity index is 1.60. The molecule has 1 unspecified atom stereocenters. The van der Waals surface area contributed by atoms with Crippen LogP contribution in [0.25, 0.3) is 0 Å². The Morgan fingerprint density at radius 2 is 2.05 bits per heavy atom. The average Bonchev–Trinajstić information content (AvgIpc) is 2.82. The summed E-state index contributed by atoms with van der Waals surface area (Å²) in [6.07, 6.45) is 4.98. The summed E-state index contributed by atoms with van der Waals surface area (Å²) >= 11 is 0. The van der Waals surface area contributed by atoms with Crippen molar-refractivity contribution in [3.05, 3.63) is 30.1 Å². The number of hydrogen-bond donors (Lipinski definition) is 0. The Kier molecular flexibility index (Phi) is 5.41. The third kappa shape index (κ3) is 4.04. The van der Waals surface area contributed by atoms with Gasteiger partial charge in [-0.2, -0.15) is 0 Å². The molecule has 2 aliphatic rings. The van der Waals surface area contributed by atoms with Crippen LogP contribution in [0.2, 0.25) is 0 Å². The Morgan fingerprint density at radius 3 is 2.86 bits per heavy atom. The van der Waals surface area contributed by atoms with E-state index >= 15 is 0 Å². The Morgan fingerprint density at radius 1 is 1.23 bits per heavy atom. The molecule has 3 rings (SSSR count). The molecular formula is C17H27N3O2. The first kappa shape index (κ1) is 15.9. The van der Waals surface area contributed by atoms with Crippen molar-refractivity contribution in [1.29, 1.82) is 0 Å². The summed E-state index contributed by atoms with van der Waals surface area (Å²) in [6.45, 7) is 9.00. The van der Waals surface area contributed by atoms with E-state index in [0.29, 0.717) is 0 Å². The number of nitrogens with zero attached hydrogens (tertiary/aromatic N) is 3. The monoisotopic (exact) mass is 305 g/mol. The molecule has 0 aliphatic carbocycles. The molecule has 5 nitrogen and oxygen atoms in total. The van der Waals surface area contributed by atoms with Gasteiger partial charge in [-0.1, -0.05) is 0 Å². The van der Waals surface area contributed by atoms with Crippen molar-refractivity contribution in [2.24, 2.45) is 5.41 Å². The lowest BCUT2D eigenvalue weighted by atomic mass is 9.87. The van der Waals surface area contributed by atoms with Crippen molar-refractivity contribution in [1.82, 2.24) is 14.8 Å². The second kappa shape index (κ2) is 7.51. The van der Waals surface area contributed by atoms with Crippen LogP contribution in [-0.2, 0) is 16.0 Å². The summed E-state index contributed by atoms with van der Waals surface area (Å²) < 4.78 is 11.2. The zero-order valence-corrected chi connectivity index (χ0v) is 13.5. The van der Waals surface area contributed by atoms with Gasteiger partial charge in [0.15, 0.2) is 0 Å². The maximum absolute atomic E-state index is 5.94. The summed E-state index contributed by atoms with van der Waals surface area (Å²) in [5.41, 5.74) is 1.62. The van der Waals surface area contributed by atoms with Crippen molar-refractivity contribution in [2.75, 3.05) is 59.7 Å².